The molecule has 0 aromatic heterocycles. The van der Waals surface area contributed by atoms with E-state index in [2.05, 4.69) is 31.6 Å². The van der Waals surface area contributed by atoms with Gasteiger partial charge in [0.15, 0.2) is 0 Å². The standard InChI is InChI=1S/C9H14B4BrFO/c10-8(11,14)5-9(12,13)16-7-3-1-6(15)2-4-7/h1-4H,5,10-13H2. The molecule has 0 aliphatic rings. The van der Waals surface area contributed by atoms with E-state index < -0.39 is 0 Å². The van der Waals surface area contributed by atoms with Crippen molar-refractivity contribution in [2.45, 2.75) is 15.9 Å². The van der Waals surface area contributed by atoms with Crippen LogP contribution < -0.4 is 4.74 Å². The van der Waals surface area contributed by atoms with Crippen LogP contribution in [0.5, 0.6) is 5.75 Å². The normalized spacial score (nSPS) is 12.4. The highest BCUT2D eigenvalue weighted by Gasteiger charge is 2.28. The summed E-state index contributed by atoms with van der Waals surface area (Å²) in [6, 6.07) is 6.12. The Balaban J connectivity index is 2.69. The third-order valence-electron chi connectivity index (χ3n) is 2.05. The number of hydrogen-bond acceptors (Lipinski definition) is 1. The molecular weight excluding hydrogens is 266 g/mol. The molecule has 82 valence electrons. The van der Waals surface area contributed by atoms with Gasteiger partial charge in [-0.05, 0) is 34.8 Å². The van der Waals surface area contributed by atoms with Crippen LogP contribution in [0.25, 0.3) is 0 Å². The molecule has 0 radical (unpaired) electrons. The van der Waals surface area contributed by atoms with Crippen molar-refractivity contribution < 1.29 is 9.13 Å². The molecule has 0 amide bonds. The molecule has 0 bridgehead atoms. The lowest BCUT2D eigenvalue weighted by atomic mass is 9.54. The molecule has 1 aromatic rings. The lowest BCUT2D eigenvalue weighted by Gasteiger charge is -2.32. The first-order valence-corrected chi connectivity index (χ1v) is 6.11. The molecule has 1 nitrogen and oxygen atoms in total. The van der Waals surface area contributed by atoms with Crippen LogP contribution in [0.2, 0.25) is 0 Å². The van der Waals surface area contributed by atoms with Gasteiger partial charge in [0.05, 0.1) is 0 Å². The van der Waals surface area contributed by atoms with E-state index in [1.165, 1.54) is 12.1 Å². The largest absolute Gasteiger partial charge is 0.505 e. The third kappa shape index (κ3) is 5.15. The minimum Gasteiger partial charge on any atom is -0.505 e. The van der Waals surface area contributed by atoms with Gasteiger partial charge in [-0.3, -0.25) is 0 Å². The topological polar surface area (TPSA) is 9.23 Å². The SMILES string of the molecule is BC(B)(Br)CC(B)(B)Oc1ccc(F)cc1. The van der Waals surface area contributed by atoms with Crippen LogP contribution >= 0.6 is 15.9 Å². The predicted octanol–water partition coefficient (Wildman–Crippen LogP) is -1.17. The molecule has 0 saturated carbocycles. The second kappa shape index (κ2) is 4.91. The van der Waals surface area contributed by atoms with Crippen molar-refractivity contribution in [2.75, 3.05) is 0 Å². The average molecular weight is 280 g/mol. The summed E-state index contributed by atoms with van der Waals surface area (Å²) < 4.78 is 18.6. The number of halogens is 2. The number of benzene rings is 1. The second-order valence-electron chi connectivity index (χ2n) is 5.21. The van der Waals surface area contributed by atoms with Gasteiger partial charge >= 0.3 is 0 Å². The highest BCUT2D eigenvalue weighted by molar-refractivity contribution is 9.11. The zero-order chi connectivity index (χ0) is 12.4. The fourth-order valence-corrected chi connectivity index (χ4v) is 2.55. The Labute approximate surface area is 108 Å². The molecule has 0 heterocycles. The summed E-state index contributed by atoms with van der Waals surface area (Å²) in [6.07, 6.45) is 0.859. The quantitative estimate of drug-likeness (QED) is 0.499. The fourth-order valence-electron chi connectivity index (χ4n) is 1.87. The van der Waals surface area contributed by atoms with Gasteiger partial charge in [-0.25, -0.2) is 4.39 Å². The molecule has 0 unspecified atom stereocenters. The van der Waals surface area contributed by atoms with Crippen LogP contribution in [-0.4, -0.2) is 40.9 Å². The van der Waals surface area contributed by atoms with Gasteiger partial charge in [0.2, 0.25) is 0 Å². The summed E-state index contributed by atoms with van der Waals surface area (Å²) in [5.74, 6) is 0.453. The van der Waals surface area contributed by atoms with Crippen molar-refractivity contribution in [3.63, 3.8) is 0 Å². The molecule has 16 heavy (non-hydrogen) atoms. The number of ether oxygens (including phenoxy) is 1. The summed E-state index contributed by atoms with van der Waals surface area (Å²) in [7, 11) is 8.25. The molecule has 0 fully saturated rings. The van der Waals surface area contributed by atoms with Gasteiger partial charge in [-0.15, -0.1) is 15.9 Å². The first kappa shape index (κ1) is 13.8. The van der Waals surface area contributed by atoms with E-state index in [1.54, 1.807) is 12.1 Å². The number of rotatable bonds is 4. The Morgan fingerprint density at radius 1 is 1.12 bits per heavy atom. The zero-order valence-electron chi connectivity index (χ0n) is 10.2. The van der Waals surface area contributed by atoms with Crippen molar-refractivity contribution in [1.29, 1.82) is 0 Å². The minimum atomic E-state index is -0.287. The van der Waals surface area contributed by atoms with Gasteiger partial charge in [0, 0.05) is 5.40 Å². The third-order valence-corrected chi connectivity index (χ3v) is 2.33. The van der Waals surface area contributed by atoms with E-state index in [9.17, 15) is 4.39 Å². The molecule has 0 atom stereocenters. The van der Waals surface area contributed by atoms with Gasteiger partial charge in [0.1, 0.15) is 43.0 Å². The maximum atomic E-state index is 12.7. The number of hydrogen-bond donors (Lipinski definition) is 0. The smallest absolute Gasteiger partial charge is 0.146 e. The highest BCUT2D eigenvalue weighted by atomic mass is 79.9. The molecule has 1 rings (SSSR count). The summed E-state index contributed by atoms with van der Waals surface area (Å²) >= 11 is 3.60. The molecule has 7 heteroatoms. The molecule has 0 aliphatic carbocycles. The van der Waals surface area contributed by atoms with Gasteiger partial charge in [-0.1, -0.05) is 0 Å². The minimum absolute atomic E-state index is 0.0243. The Hall–Kier alpha value is -0.310. The fraction of sp³-hybridized carbons (Fsp3) is 0.333. The Kier molecular flexibility index (Phi) is 4.22. The lowest BCUT2D eigenvalue weighted by molar-refractivity contribution is 0.231. The lowest BCUT2D eigenvalue weighted by Crippen LogP contribution is -2.44. The van der Waals surface area contributed by atoms with Crippen LogP contribution in [0, 0.1) is 5.82 Å². The molecule has 0 aliphatic heterocycles. The predicted molar refractivity (Wildman–Crippen MR) is 80.2 cm³/mol. The first-order valence-electron chi connectivity index (χ1n) is 5.31. The molecule has 0 saturated heterocycles. The van der Waals surface area contributed by atoms with E-state index in [0.717, 1.165) is 6.42 Å². The van der Waals surface area contributed by atoms with Gasteiger partial charge in [0.25, 0.3) is 0 Å². The summed E-state index contributed by atoms with van der Waals surface area (Å²) in [6.45, 7) is 0. The van der Waals surface area contributed by atoms with Crippen LogP contribution in [-0.2, 0) is 0 Å². The summed E-state index contributed by atoms with van der Waals surface area (Å²) in [4.78, 5) is 0. The maximum absolute atomic E-state index is 12.7. The van der Waals surface area contributed by atoms with Crippen molar-refractivity contribution >= 4 is 47.3 Å². The van der Waals surface area contributed by atoms with Crippen molar-refractivity contribution in [3.8, 4) is 5.75 Å². The highest BCUT2D eigenvalue weighted by Crippen LogP contribution is 2.24. The van der Waals surface area contributed by atoms with E-state index >= 15 is 0 Å². The van der Waals surface area contributed by atoms with Crippen LogP contribution in [0.15, 0.2) is 24.3 Å². The monoisotopic (exact) mass is 280 g/mol. The maximum Gasteiger partial charge on any atom is 0.146 e. The molecular formula is C9H14B4BrFO. The summed E-state index contributed by atoms with van der Waals surface area (Å²) in [5, 5.41) is -0.287. The van der Waals surface area contributed by atoms with Crippen molar-refractivity contribution in [1.82, 2.24) is 0 Å². The van der Waals surface area contributed by atoms with Crippen LogP contribution in [0.1, 0.15) is 6.42 Å². The Bertz CT molecular complexity index is 350. The Morgan fingerprint density at radius 2 is 1.62 bits per heavy atom. The van der Waals surface area contributed by atoms with E-state index in [-0.39, 0.29) is 15.3 Å². The van der Waals surface area contributed by atoms with Crippen LogP contribution in [0.4, 0.5) is 4.39 Å². The van der Waals surface area contributed by atoms with Gasteiger partial charge in [-0.2, -0.15) is 0 Å². The molecule has 0 spiro atoms. The number of alkyl halides is 1. The van der Waals surface area contributed by atoms with Crippen molar-refractivity contribution in [2.24, 2.45) is 0 Å². The molecule has 1 aromatic carbocycles. The Morgan fingerprint density at radius 3 is 2.06 bits per heavy atom. The summed E-state index contributed by atoms with van der Waals surface area (Å²) in [5.41, 5.74) is 0. The van der Waals surface area contributed by atoms with E-state index in [0.29, 0.717) is 5.75 Å². The first-order chi connectivity index (χ1) is 7.18. The van der Waals surface area contributed by atoms with Crippen molar-refractivity contribution in [3.05, 3.63) is 30.1 Å². The van der Waals surface area contributed by atoms with E-state index in [1.807, 2.05) is 15.7 Å². The zero-order valence-corrected chi connectivity index (χ0v) is 11.8. The molecule has 0 N–H and O–H groups in total. The second-order valence-corrected chi connectivity index (χ2v) is 7.36. The van der Waals surface area contributed by atoms with E-state index in [4.69, 9.17) is 4.74 Å². The van der Waals surface area contributed by atoms with Gasteiger partial charge < -0.3 is 4.74 Å². The average Bonchev–Trinajstić information content (AvgIpc) is 2.04. The van der Waals surface area contributed by atoms with Crippen LogP contribution in [0.3, 0.4) is 0 Å².